The number of phenols is 1. The van der Waals surface area contributed by atoms with Crippen molar-refractivity contribution in [2.75, 3.05) is 0 Å². The van der Waals surface area contributed by atoms with Gasteiger partial charge < -0.3 is 5.11 Å². The molecule has 0 unspecified atom stereocenters. The second-order valence-electron chi connectivity index (χ2n) is 10.0. The van der Waals surface area contributed by atoms with Gasteiger partial charge in [0.2, 0.25) is 0 Å². The van der Waals surface area contributed by atoms with Gasteiger partial charge in [0.25, 0.3) is 0 Å². The number of hydrogen-bond acceptors (Lipinski definition) is 2. The molecule has 0 aliphatic rings. The molecule has 0 spiro atoms. The summed E-state index contributed by atoms with van der Waals surface area (Å²) < 4.78 is 0. The van der Waals surface area contributed by atoms with Crippen molar-refractivity contribution in [2.45, 2.75) is 6.54 Å². The molecule has 39 heavy (non-hydrogen) atoms. The first-order valence-corrected chi connectivity index (χ1v) is 13.4. The molecular weight excluding hydrogens is 473 g/mol. The molecule has 0 aliphatic heterocycles. The van der Waals surface area contributed by atoms with Gasteiger partial charge >= 0.3 is 0 Å². The van der Waals surface area contributed by atoms with E-state index in [1.165, 1.54) is 21.9 Å². The minimum Gasteiger partial charge on any atom is -0.507 e. The SMILES string of the molecule is Oc1ccc2ccccc2c1C=NCc1ccc([B-](c2ccccc2)(c2ccccc2)c2ccccc2)cc1. The van der Waals surface area contributed by atoms with Gasteiger partial charge in [0.05, 0.1) is 6.54 Å². The minimum atomic E-state index is -1.38. The summed E-state index contributed by atoms with van der Waals surface area (Å²) in [5.41, 5.74) is 6.99. The predicted octanol–water partition coefficient (Wildman–Crippen LogP) is 5.54. The average molecular weight is 502 g/mol. The Morgan fingerprint density at radius 1 is 0.513 bits per heavy atom. The Morgan fingerprint density at radius 3 is 1.56 bits per heavy atom. The number of aliphatic imine (C=N–C) groups is 1. The van der Waals surface area contributed by atoms with Crippen molar-refractivity contribution in [3.05, 3.63) is 163 Å². The molecule has 6 aromatic carbocycles. The number of fused-ring (bicyclic) bond motifs is 1. The van der Waals surface area contributed by atoms with E-state index in [2.05, 4.69) is 115 Å². The van der Waals surface area contributed by atoms with Crippen LogP contribution in [0.2, 0.25) is 0 Å². The molecule has 188 valence electrons. The van der Waals surface area contributed by atoms with Crippen LogP contribution < -0.4 is 21.9 Å². The summed E-state index contributed by atoms with van der Waals surface area (Å²) in [6, 6.07) is 53.1. The lowest BCUT2D eigenvalue weighted by Crippen LogP contribution is -2.74. The molecule has 0 aromatic heterocycles. The van der Waals surface area contributed by atoms with Crippen LogP contribution in [0.25, 0.3) is 10.8 Å². The Bertz CT molecular complexity index is 1620. The molecular formula is C36H29BNO-. The van der Waals surface area contributed by atoms with Gasteiger partial charge in [0.1, 0.15) is 11.9 Å². The van der Waals surface area contributed by atoms with E-state index in [0.717, 1.165) is 21.9 Å². The molecule has 0 bridgehead atoms. The molecule has 3 heteroatoms. The van der Waals surface area contributed by atoms with Crippen LogP contribution in [0, 0.1) is 0 Å². The highest BCUT2D eigenvalue weighted by Crippen LogP contribution is 2.25. The van der Waals surface area contributed by atoms with Crippen LogP contribution >= 0.6 is 0 Å². The Morgan fingerprint density at radius 2 is 1.00 bits per heavy atom. The Hall–Kier alpha value is -4.89. The lowest BCUT2D eigenvalue weighted by Gasteiger charge is -2.44. The highest BCUT2D eigenvalue weighted by molar-refractivity contribution is 7.19. The van der Waals surface area contributed by atoms with Gasteiger partial charge in [0, 0.05) is 11.8 Å². The predicted molar refractivity (Wildman–Crippen MR) is 167 cm³/mol. The van der Waals surface area contributed by atoms with Crippen molar-refractivity contribution in [3.63, 3.8) is 0 Å². The molecule has 0 saturated carbocycles. The number of benzene rings is 6. The summed E-state index contributed by atoms with van der Waals surface area (Å²) in [6.07, 6.45) is 0.405. The summed E-state index contributed by atoms with van der Waals surface area (Å²) in [5.74, 6) is 0.244. The van der Waals surface area contributed by atoms with Crippen molar-refractivity contribution in [2.24, 2.45) is 4.99 Å². The number of hydrogen-bond donors (Lipinski definition) is 1. The molecule has 6 aromatic rings. The average Bonchev–Trinajstić information content (AvgIpc) is 3.01. The van der Waals surface area contributed by atoms with Gasteiger partial charge in [-0.1, -0.05) is 146 Å². The number of nitrogens with zero attached hydrogens (tertiary/aromatic N) is 1. The van der Waals surface area contributed by atoms with Crippen LogP contribution in [0.1, 0.15) is 11.1 Å². The van der Waals surface area contributed by atoms with Gasteiger partial charge in [0.15, 0.2) is 0 Å². The standard InChI is InChI=1S/C36H29BNO/c39-36-25-22-29-12-10-11-19-34(29)35(36)27-38-26-28-20-23-33(24-21-28)37(30-13-4-1-5-14-30,31-15-6-2-7-16-31)32-17-8-3-9-18-32/h1-25,27,39H,26H2/q-1. The third kappa shape index (κ3) is 4.64. The van der Waals surface area contributed by atoms with E-state index >= 15 is 0 Å². The van der Waals surface area contributed by atoms with Crippen LogP contribution in [0.5, 0.6) is 5.75 Å². The largest absolute Gasteiger partial charge is 0.507 e. The van der Waals surface area contributed by atoms with E-state index in [4.69, 9.17) is 4.99 Å². The molecule has 6 rings (SSSR count). The second-order valence-corrected chi connectivity index (χ2v) is 10.0. The molecule has 1 N–H and O–H groups in total. The zero-order chi connectivity index (χ0) is 26.5. The summed E-state index contributed by atoms with van der Waals surface area (Å²) in [5, 5.41) is 12.6. The van der Waals surface area contributed by atoms with Gasteiger partial charge in [-0.05, 0) is 22.4 Å². The van der Waals surface area contributed by atoms with E-state index in [-0.39, 0.29) is 5.75 Å². The quantitative estimate of drug-likeness (QED) is 0.226. The van der Waals surface area contributed by atoms with Gasteiger partial charge in [-0.25, -0.2) is 0 Å². The first-order chi connectivity index (χ1) is 19.3. The Kier molecular flexibility index (Phi) is 6.80. The number of aromatic hydroxyl groups is 1. The molecule has 0 radical (unpaired) electrons. The molecule has 0 saturated heterocycles. The fourth-order valence-corrected chi connectivity index (χ4v) is 5.95. The van der Waals surface area contributed by atoms with E-state index in [0.29, 0.717) is 6.54 Å². The fourth-order valence-electron chi connectivity index (χ4n) is 5.95. The molecule has 2 nitrogen and oxygen atoms in total. The maximum Gasteiger partial charge on any atom is 0.124 e. The Labute approximate surface area is 229 Å². The Balaban J connectivity index is 1.40. The highest BCUT2D eigenvalue weighted by atomic mass is 16.3. The summed E-state index contributed by atoms with van der Waals surface area (Å²) in [4.78, 5) is 4.71. The van der Waals surface area contributed by atoms with Crippen molar-refractivity contribution >= 4 is 45.0 Å². The minimum absolute atomic E-state index is 0.244. The maximum atomic E-state index is 10.5. The summed E-state index contributed by atoms with van der Waals surface area (Å²) in [7, 11) is 0. The van der Waals surface area contributed by atoms with E-state index in [1.54, 1.807) is 12.3 Å². The van der Waals surface area contributed by atoms with Gasteiger partial charge in [-0.2, -0.15) is 21.9 Å². The molecule has 0 aliphatic carbocycles. The molecule has 0 atom stereocenters. The number of rotatable bonds is 7. The first-order valence-electron chi connectivity index (χ1n) is 13.4. The fraction of sp³-hybridized carbons (Fsp3) is 0.0278. The number of phenolic OH excluding ortho intramolecular Hbond substituents is 1. The van der Waals surface area contributed by atoms with Gasteiger partial charge in [-0.15, -0.1) is 0 Å². The van der Waals surface area contributed by atoms with Crippen LogP contribution in [0.15, 0.2) is 157 Å². The highest BCUT2D eigenvalue weighted by Gasteiger charge is 2.31. The summed E-state index contributed by atoms with van der Waals surface area (Å²) >= 11 is 0. The zero-order valence-electron chi connectivity index (χ0n) is 21.7. The van der Waals surface area contributed by atoms with Crippen molar-refractivity contribution in [1.82, 2.24) is 0 Å². The van der Waals surface area contributed by atoms with Crippen LogP contribution in [-0.4, -0.2) is 17.5 Å². The summed E-state index contributed by atoms with van der Waals surface area (Å²) in [6.45, 7) is 0.533. The topological polar surface area (TPSA) is 32.6 Å². The lowest BCUT2D eigenvalue weighted by atomic mass is 9.13. The normalized spacial score (nSPS) is 11.7. The maximum absolute atomic E-state index is 10.5. The lowest BCUT2D eigenvalue weighted by molar-refractivity contribution is 0.475. The molecule has 0 heterocycles. The second kappa shape index (κ2) is 10.8. The van der Waals surface area contributed by atoms with E-state index < -0.39 is 6.15 Å². The smallest absolute Gasteiger partial charge is 0.124 e. The van der Waals surface area contributed by atoms with Crippen LogP contribution in [-0.2, 0) is 6.54 Å². The van der Waals surface area contributed by atoms with Crippen molar-refractivity contribution in [1.29, 1.82) is 0 Å². The zero-order valence-corrected chi connectivity index (χ0v) is 21.7. The van der Waals surface area contributed by atoms with Crippen LogP contribution in [0.4, 0.5) is 0 Å². The van der Waals surface area contributed by atoms with E-state index in [1.807, 2.05) is 30.3 Å². The van der Waals surface area contributed by atoms with Crippen molar-refractivity contribution in [3.8, 4) is 5.75 Å². The third-order valence-corrected chi connectivity index (χ3v) is 7.82. The van der Waals surface area contributed by atoms with Crippen LogP contribution in [0.3, 0.4) is 0 Å². The first kappa shape index (κ1) is 24.5. The molecule has 0 fully saturated rings. The monoisotopic (exact) mass is 502 g/mol. The third-order valence-electron chi connectivity index (χ3n) is 7.82. The van der Waals surface area contributed by atoms with Crippen molar-refractivity contribution < 1.29 is 5.11 Å². The van der Waals surface area contributed by atoms with Gasteiger partial charge in [-0.3, -0.25) is 4.99 Å². The van der Waals surface area contributed by atoms with E-state index in [9.17, 15) is 5.11 Å². The molecule has 0 amide bonds.